The van der Waals surface area contributed by atoms with Crippen molar-refractivity contribution in [3.63, 3.8) is 0 Å². The lowest BCUT2D eigenvalue weighted by Crippen LogP contribution is -2.04. The highest BCUT2D eigenvalue weighted by atomic mass is 16.6. The Morgan fingerprint density at radius 2 is 1.82 bits per heavy atom. The summed E-state index contributed by atoms with van der Waals surface area (Å²) in [5, 5.41) is 10.9. The summed E-state index contributed by atoms with van der Waals surface area (Å²) < 4.78 is 10.1. The molecule has 2 aromatic rings. The molecule has 0 fully saturated rings. The predicted octanol–water partition coefficient (Wildman–Crippen LogP) is 2.89. The smallest absolute Gasteiger partial charge is 0.309 e. The van der Waals surface area contributed by atoms with Crippen LogP contribution in [-0.4, -0.2) is 18.0 Å². The number of ether oxygens (including phenoxy) is 2. The van der Waals surface area contributed by atoms with Crippen LogP contribution in [0.3, 0.4) is 0 Å². The molecule has 0 aliphatic heterocycles. The summed E-state index contributed by atoms with van der Waals surface area (Å²) in [6.45, 7) is 0.105. The number of benzene rings is 2. The number of carbonyl (C=O) groups is 1. The van der Waals surface area contributed by atoms with Crippen molar-refractivity contribution in [2.24, 2.45) is 0 Å². The molecule has 2 aromatic carbocycles. The summed E-state index contributed by atoms with van der Waals surface area (Å²) in [4.78, 5) is 21.6. The summed E-state index contributed by atoms with van der Waals surface area (Å²) in [6, 6.07) is 13.4. The van der Waals surface area contributed by atoms with Gasteiger partial charge in [0.25, 0.3) is 5.69 Å². The van der Waals surface area contributed by atoms with Gasteiger partial charge in [-0.25, -0.2) is 0 Å². The van der Waals surface area contributed by atoms with Crippen molar-refractivity contribution in [3.8, 4) is 5.75 Å². The van der Waals surface area contributed by atoms with E-state index in [0.717, 1.165) is 5.56 Å². The molecule has 0 saturated heterocycles. The Morgan fingerprint density at radius 1 is 1.14 bits per heavy atom. The van der Waals surface area contributed by atoms with Crippen LogP contribution in [0.25, 0.3) is 0 Å². The third kappa shape index (κ3) is 4.05. The second kappa shape index (κ2) is 7.21. The van der Waals surface area contributed by atoms with Crippen LogP contribution in [0.1, 0.15) is 11.1 Å². The van der Waals surface area contributed by atoms with Gasteiger partial charge in [-0.15, -0.1) is 0 Å². The monoisotopic (exact) mass is 301 g/mol. The SMILES string of the molecule is COC(=O)Cc1ccc(OCc2ccccc2[N+](=O)[O-])cc1. The molecule has 114 valence electrons. The lowest BCUT2D eigenvalue weighted by Gasteiger charge is -2.07. The Hall–Kier alpha value is -2.89. The number of hydrogen-bond donors (Lipinski definition) is 0. The van der Waals surface area contributed by atoms with Gasteiger partial charge in [0, 0.05) is 6.07 Å². The van der Waals surface area contributed by atoms with Crippen molar-refractivity contribution in [2.75, 3.05) is 7.11 Å². The molecule has 0 heterocycles. The molecule has 0 aromatic heterocycles. The fraction of sp³-hybridized carbons (Fsp3) is 0.188. The molecule has 0 aliphatic rings. The zero-order valence-corrected chi connectivity index (χ0v) is 12.0. The molecule has 0 atom stereocenters. The first kappa shape index (κ1) is 15.5. The molecular weight excluding hydrogens is 286 g/mol. The van der Waals surface area contributed by atoms with Crippen LogP contribution < -0.4 is 4.74 Å². The minimum Gasteiger partial charge on any atom is -0.489 e. The highest BCUT2D eigenvalue weighted by molar-refractivity contribution is 5.72. The van der Waals surface area contributed by atoms with Crippen molar-refractivity contribution in [1.29, 1.82) is 0 Å². The van der Waals surface area contributed by atoms with Crippen LogP contribution >= 0.6 is 0 Å². The number of nitro benzene ring substituents is 1. The van der Waals surface area contributed by atoms with Gasteiger partial charge in [0.05, 0.1) is 24.0 Å². The highest BCUT2D eigenvalue weighted by Gasteiger charge is 2.12. The van der Waals surface area contributed by atoms with E-state index in [-0.39, 0.29) is 24.7 Å². The second-order valence-corrected chi connectivity index (χ2v) is 4.57. The van der Waals surface area contributed by atoms with E-state index in [1.54, 1.807) is 42.5 Å². The Kier molecular flexibility index (Phi) is 5.08. The van der Waals surface area contributed by atoms with Crippen molar-refractivity contribution in [3.05, 3.63) is 69.8 Å². The first-order valence-corrected chi connectivity index (χ1v) is 6.61. The number of carbonyl (C=O) groups excluding carboxylic acids is 1. The standard InChI is InChI=1S/C16H15NO5/c1-21-16(18)10-12-6-8-14(9-7-12)22-11-13-4-2-3-5-15(13)17(19)20/h2-9H,10-11H2,1H3. The van der Waals surface area contributed by atoms with E-state index in [4.69, 9.17) is 4.74 Å². The van der Waals surface area contributed by atoms with Gasteiger partial charge in [-0.3, -0.25) is 14.9 Å². The minimum absolute atomic E-state index is 0.0322. The van der Waals surface area contributed by atoms with Gasteiger partial charge < -0.3 is 9.47 Å². The Labute approximate surface area is 127 Å². The Balaban J connectivity index is 2.00. The van der Waals surface area contributed by atoms with E-state index in [1.807, 2.05) is 0 Å². The molecular formula is C16H15NO5. The average Bonchev–Trinajstić information content (AvgIpc) is 2.54. The zero-order chi connectivity index (χ0) is 15.9. The Bertz CT molecular complexity index is 666. The minimum atomic E-state index is -0.432. The molecule has 0 N–H and O–H groups in total. The van der Waals surface area contributed by atoms with Gasteiger partial charge in [-0.2, -0.15) is 0 Å². The molecule has 0 saturated carbocycles. The van der Waals surface area contributed by atoms with Crippen LogP contribution in [0.2, 0.25) is 0 Å². The molecule has 0 amide bonds. The van der Waals surface area contributed by atoms with Gasteiger partial charge in [0.15, 0.2) is 0 Å². The van der Waals surface area contributed by atoms with Crippen LogP contribution in [-0.2, 0) is 22.6 Å². The third-order valence-electron chi connectivity index (χ3n) is 3.08. The first-order chi connectivity index (χ1) is 10.6. The summed E-state index contributed by atoms with van der Waals surface area (Å²) in [7, 11) is 1.34. The van der Waals surface area contributed by atoms with Gasteiger partial charge in [-0.1, -0.05) is 24.3 Å². The van der Waals surface area contributed by atoms with Gasteiger partial charge in [0.2, 0.25) is 0 Å². The zero-order valence-electron chi connectivity index (χ0n) is 12.0. The van der Waals surface area contributed by atoms with Gasteiger partial charge in [-0.05, 0) is 23.8 Å². The molecule has 6 heteroatoms. The fourth-order valence-electron chi connectivity index (χ4n) is 1.91. The summed E-state index contributed by atoms with van der Waals surface area (Å²) >= 11 is 0. The summed E-state index contributed by atoms with van der Waals surface area (Å²) in [5.41, 5.74) is 1.35. The first-order valence-electron chi connectivity index (χ1n) is 6.61. The van der Waals surface area contributed by atoms with Gasteiger partial charge in [0.1, 0.15) is 12.4 Å². The number of nitrogens with zero attached hydrogens (tertiary/aromatic N) is 1. The van der Waals surface area contributed by atoms with E-state index in [9.17, 15) is 14.9 Å². The van der Waals surface area contributed by atoms with Crippen LogP contribution in [0.15, 0.2) is 48.5 Å². The second-order valence-electron chi connectivity index (χ2n) is 4.57. The molecule has 0 radical (unpaired) electrons. The largest absolute Gasteiger partial charge is 0.489 e. The van der Waals surface area contributed by atoms with E-state index in [0.29, 0.717) is 11.3 Å². The maximum atomic E-state index is 11.2. The van der Waals surface area contributed by atoms with E-state index < -0.39 is 4.92 Å². The molecule has 0 unspecified atom stereocenters. The number of para-hydroxylation sites is 1. The lowest BCUT2D eigenvalue weighted by atomic mass is 10.1. The topological polar surface area (TPSA) is 78.7 Å². The number of esters is 1. The average molecular weight is 301 g/mol. The molecule has 6 nitrogen and oxygen atoms in total. The number of nitro groups is 1. The molecule has 22 heavy (non-hydrogen) atoms. The lowest BCUT2D eigenvalue weighted by molar-refractivity contribution is -0.385. The maximum absolute atomic E-state index is 11.2. The van der Waals surface area contributed by atoms with Crippen molar-refractivity contribution < 1.29 is 19.2 Å². The quantitative estimate of drug-likeness (QED) is 0.465. The van der Waals surface area contributed by atoms with Crippen LogP contribution in [0.5, 0.6) is 5.75 Å². The van der Waals surface area contributed by atoms with E-state index in [2.05, 4.69) is 4.74 Å². The van der Waals surface area contributed by atoms with E-state index >= 15 is 0 Å². The fourth-order valence-corrected chi connectivity index (χ4v) is 1.91. The predicted molar refractivity (Wildman–Crippen MR) is 79.6 cm³/mol. The van der Waals surface area contributed by atoms with Crippen LogP contribution in [0.4, 0.5) is 5.69 Å². The summed E-state index contributed by atoms with van der Waals surface area (Å²) in [5.74, 6) is 0.264. The number of methoxy groups -OCH3 is 1. The van der Waals surface area contributed by atoms with Crippen molar-refractivity contribution in [1.82, 2.24) is 0 Å². The molecule has 0 aliphatic carbocycles. The van der Waals surface area contributed by atoms with Crippen LogP contribution in [0, 0.1) is 10.1 Å². The van der Waals surface area contributed by atoms with Crippen molar-refractivity contribution >= 4 is 11.7 Å². The number of rotatable bonds is 6. The van der Waals surface area contributed by atoms with E-state index in [1.165, 1.54) is 13.2 Å². The summed E-state index contributed by atoms with van der Waals surface area (Å²) in [6.07, 6.45) is 0.195. The molecule has 2 rings (SSSR count). The normalized spacial score (nSPS) is 10.0. The number of hydrogen-bond acceptors (Lipinski definition) is 5. The Morgan fingerprint density at radius 3 is 2.45 bits per heavy atom. The molecule has 0 bridgehead atoms. The third-order valence-corrected chi connectivity index (χ3v) is 3.08. The highest BCUT2D eigenvalue weighted by Crippen LogP contribution is 2.20. The maximum Gasteiger partial charge on any atom is 0.309 e. The van der Waals surface area contributed by atoms with Gasteiger partial charge >= 0.3 is 5.97 Å². The molecule has 0 spiro atoms. The van der Waals surface area contributed by atoms with Crippen molar-refractivity contribution in [2.45, 2.75) is 13.0 Å².